The predicted octanol–water partition coefficient (Wildman–Crippen LogP) is 2.18. The van der Waals surface area contributed by atoms with Crippen molar-refractivity contribution in [3.63, 3.8) is 0 Å². The largest absolute Gasteiger partial charge is 0.350 e. The lowest BCUT2D eigenvalue weighted by Gasteiger charge is -2.23. The topological polar surface area (TPSA) is 54.0 Å². The van der Waals surface area contributed by atoms with Crippen LogP contribution >= 0.6 is 0 Å². The van der Waals surface area contributed by atoms with Gasteiger partial charge in [-0.1, -0.05) is 19.4 Å². The average Bonchev–Trinajstić information content (AvgIpc) is 2.52. The van der Waals surface area contributed by atoms with E-state index in [2.05, 4.69) is 28.6 Å². The summed E-state index contributed by atoms with van der Waals surface area (Å²) in [5, 5.41) is 6.46. The minimum atomic E-state index is 0.130. The van der Waals surface area contributed by atoms with Crippen molar-refractivity contribution < 1.29 is 4.79 Å². The molecule has 110 valence electrons. The summed E-state index contributed by atoms with van der Waals surface area (Å²) in [5.74, 6) is 0.130. The zero-order valence-electron chi connectivity index (χ0n) is 12.3. The van der Waals surface area contributed by atoms with Gasteiger partial charge in [-0.3, -0.25) is 9.78 Å². The summed E-state index contributed by atoms with van der Waals surface area (Å²) in [6, 6.07) is 4.54. The minimum absolute atomic E-state index is 0.130. The Morgan fingerprint density at radius 3 is 3.15 bits per heavy atom. The number of carbonyl (C=O) groups excluding carboxylic acids is 1. The number of pyridine rings is 1. The fourth-order valence-electron chi connectivity index (χ4n) is 2.70. The van der Waals surface area contributed by atoms with Gasteiger partial charge in [0.25, 0.3) is 0 Å². The molecule has 0 bridgehead atoms. The molecule has 0 aliphatic carbocycles. The molecule has 0 radical (unpaired) electrons. The van der Waals surface area contributed by atoms with Crippen LogP contribution in [0.3, 0.4) is 0 Å². The van der Waals surface area contributed by atoms with Crippen molar-refractivity contribution in [1.82, 2.24) is 15.6 Å². The lowest BCUT2D eigenvalue weighted by Crippen LogP contribution is -2.35. The predicted molar refractivity (Wildman–Crippen MR) is 80.3 cm³/mol. The van der Waals surface area contributed by atoms with Crippen LogP contribution in [0.1, 0.15) is 50.3 Å². The molecule has 2 rings (SSSR count). The summed E-state index contributed by atoms with van der Waals surface area (Å²) in [7, 11) is 0. The van der Waals surface area contributed by atoms with Crippen LogP contribution in [0.4, 0.5) is 0 Å². The second-order valence-corrected chi connectivity index (χ2v) is 5.43. The van der Waals surface area contributed by atoms with Gasteiger partial charge in [-0.25, -0.2) is 0 Å². The summed E-state index contributed by atoms with van der Waals surface area (Å²) >= 11 is 0. The molecule has 2 N–H and O–H groups in total. The minimum Gasteiger partial charge on any atom is -0.350 e. The molecule has 4 nitrogen and oxygen atoms in total. The highest BCUT2D eigenvalue weighted by Crippen LogP contribution is 2.12. The SMILES string of the molecule is CCc1cccnc1CNC(=O)CCC1CCCCN1. The van der Waals surface area contributed by atoms with Crippen LogP contribution in [-0.4, -0.2) is 23.5 Å². The Kier molecular flexibility index (Phi) is 5.99. The van der Waals surface area contributed by atoms with Gasteiger partial charge >= 0.3 is 0 Å². The second-order valence-electron chi connectivity index (χ2n) is 5.43. The molecule has 1 aliphatic rings. The maximum Gasteiger partial charge on any atom is 0.220 e. The number of piperidine rings is 1. The van der Waals surface area contributed by atoms with Crippen LogP contribution in [0.2, 0.25) is 0 Å². The number of carbonyl (C=O) groups is 1. The van der Waals surface area contributed by atoms with Gasteiger partial charge in [0.05, 0.1) is 12.2 Å². The lowest BCUT2D eigenvalue weighted by atomic mass is 10.0. The highest BCUT2D eigenvalue weighted by molar-refractivity contribution is 5.75. The van der Waals surface area contributed by atoms with Crippen LogP contribution in [-0.2, 0) is 17.8 Å². The first kappa shape index (κ1) is 15.0. The average molecular weight is 275 g/mol. The number of hydrogen-bond donors (Lipinski definition) is 2. The van der Waals surface area contributed by atoms with Gasteiger partial charge < -0.3 is 10.6 Å². The summed E-state index contributed by atoms with van der Waals surface area (Å²) in [6.07, 6.45) is 8.03. The summed E-state index contributed by atoms with van der Waals surface area (Å²) in [6.45, 7) is 3.75. The Hall–Kier alpha value is -1.42. The monoisotopic (exact) mass is 275 g/mol. The van der Waals surface area contributed by atoms with E-state index in [1.165, 1.54) is 24.8 Å². The smallest absolute Gasteiger partial charge is 0.220 e. The molecule has 1 amide bonds. The third-order valence-electron chi connectivity index (χ3n) is 3.95. The fraction of sp³-hybridized carbons (Fsp3) is 0.625. The van der Waals surface area contributed by atoms with Gasteiger partial charge in [0, 0.05) is 18.7 Å². The molecule has 1 unspecified atom stereocenters. The number of hydrogen-bond acceptors (Lipinski definition) is 3. The van der Waals surface area contributed by atoms with Crippen molar-refractivity contribution in [3.05, 3.63) is 29.6 Å². The maximum absolute atomic E-state index is 11.9. The molecule has 1 aromatic rings. The molecular formula is C16H25N3O. The van der Waals surface area contributed by atoms with E-state index < -0.39 is 0 Å². The standard InChI is InChI=1S/C16H25N3O/c1-2-13-6-5-11-18-15(13)12-19-16(20)9-8-14-7-3-4-10-17-14/h5-6,11,14,17H,2-4,7-10,12H2,1H3,(H,19,20). The molecule has 4 heteroatoms. The Morgan fingerprint density at radius 2 is 2.40 bits per heavy atom. The van der Waals surface area contributed by atoms with Crippen LogP contribution in [0.15, 0.2) is 18.3 Å². The van der Waals surface area contributed by atoms with E-state index in [4.69, 9.17) is 0 Å². The molecule has 0 aromatic carbocycles. The Balaban J connectivity index is 1.71. The van der Waals surface area contributed by atoms with E-state index in [1.54, 1.807) is 6.20 Å². The first-order valence-electron chi connectivity index (χ1n) is 7.72. The molecule has 0 saturated carbocycles. The van der Waals surface area contributed by atoms with Crippen molar-refractivity contribution >= 4 is 5.91 Å². The Bertz CT molecular complexity index is 427. The number of aryl methyl sites for hydroxylation is 1. The van der Waals surface area contributed by atoms with Gasteiger partial charge in [0.15, 0.2) is 0 Å². The molecule has 1 aliphatic heterocycles. The van der Waals surface area contributed by atoms with Crippen molar-refractivity contribution in [2.45, 2.75) is 58.0 Å². The molecule has 20 heavy (non-hydrogen) atoms. The van der Waals surface area contributed by atoms with Gasteiger partial charge in [0.1, 0.15) is 0 Å². The van der Waals surface area contributed by atoms with Crippen molar-refractivity contribution in [2.24, 2.45) is 0 Å². The molecule has 1 atom stereocenters. The molecular weight excluding hydrogens is 250 g/mol. The van der Waals surface area contributed by atoms with E-state index in [0.717, 1.165) is 25.1 Å². The normalized spacial score (nSPS) is 18.8. The zero-order valence-corrected chi connectivity index (χ0v) is 12.3. The summed E-state index contributed by atoms with van der Waals surface area (Å²) < 4.78 is 0. The van der Waals surface area contributed by atoms with Crippen LogP contribution in [0, 0.1) is 0 Å². The third-order valence-corrected chi connectivity index (χ3v) is 3.95. The maximum atomic E-state index is 11.9. The quantitative estimate of drug-likeness (QED) is 0.836. The summed E-state index contributed by atoms with van der Waals surface area (Å²) in [5.41, 5.74) is 2.20. The molecule has 2 heterocycles. The van der Waals surface area contributed by atoms with Gasteiger partial charge in [0.2, 0.25) is 5.91 Å². The highest BCUT2D eigenvalue weighted by atomic mass is 16.1. The first-order valence-corrected chi connectivity index (χ1v) is 7.72. The van der Waals surface area contributed by atoms with Crippen molar-refractivity contribution in [1.29, 1.82) is 0 Å². The van der Waals surface area contributed by atoms with E-state index >= 15 is 0 Å². The number of rotatable bonds is 6. The highest BCUT2D eigenvalue weighted by Gasteiger charge is 2.14. The number of nitrogens with one attached hydrogen (secondary N) is 2. The molecule has 1 fully saturated rings. The van der Waals surface area contributed by atoms with E-state index in [9.17, 15) is 4.79 Å². The zero-order chi connectivity index (χ0) is 14.2. The van der Waals surface area contributed by atoms with Crippen LogP contribution < -0.4 is 10.6 Å². The summed E-state index contributed by atoms with van der Waals surface area (Å²) in [4.78, 5) is 16.2. The Labute approximate surface area is 121 Å². The second kappa shape index (κ2) is 8.00. The third kappa shape index (κ3) is 4.60. The molecule has 1 aromatic heterocycles. The molecule has 1 saturated heterocycles. The van der Waals surface area contributed by atoms with E-state index in [-0.39, 0.29) is 5.91 Å². The van der Waals surface area contributed by atoms with Gasteiger partial charge in [-0.05, 0) is 43.9 Å². The first-order chi connectivity index (χ1) is 9.79. The van der Waals surface area contributed by atoms with Gasteiger partial charge in [-0.2, -0.15) is 0 Å². The molecule has 0 spiro atoms. The van der Waals surface area contributed by atoms with Gasteiger partial charge in [-0.15, -0.1) is 0 Å². The fourth-order valence-corrected chi connectivity index (χ4v) is 2.70. The number of nitrogens with zero attached hydrogens (tertiary/aromatic N) is 1. The Morgan fingerprint density at radius 1 is 1.50 bits per heavy atom. The van der Waals surface area contributed by atoms with Crippen LogP contribution in [0.5, 0.6) is 0 Å². The number of aromatic nitrogens is 1. The van der Waals surface area contributed by atoms with Crippen molar-refractivity contribution in [3.8, 4) is 0 Å². The number of amides is 1. The van der Waals surface area contributed by atoms with Crippen molar-refractivity contribution in [2.75, 3.05) is 6.54 Å². The lowest BCUT2D eigenvalue weighted by molar-refractivity contribution is -0.121. The van der Waals surface area contributed by atoms with E-state index in [1.807, 2.05) is 6.07 Å². The van der Waals surface area contributed by atoms with E-state index in [0.29, 0.717) is 19.0 Å². The van der Waals surface area contributed by atoms with Crippen LogP contribution in [0.25, 0.3) is 0 Å².